The van der Waals surface area contributed by atoms with Crippen molar-refractivity contribution in [1.82, 2.24) is 0 Å². The van der Waals surface area contributed by atoms with E-state index in [-0.39, 0.29) is 31.1 Å². The summed E-state index contributed by atoms with van der Waals surface area (Å²) in [7, 11) is 0. The second-order valence-corrected chi connectivity index (χ2v) is 20.9. The molecule has 1 unspecified atom stereocenters. The van der Waals surface area contributed by atoms with Crippen LogP contribution in [0.4, 0.5) is 0 Å². The highest BCUT2D eigenvalue weighted by Gasteiger charge is 2.19. The molecule has 75 heavy (non-hydrogen) atoms. The Morgan fingerprint density at radius 3 is 0.813 bits per heavy atom. The maximum atomic E-state index is 12.9. The molecule has 430 valence electrons. The van der Waals surface area contributed by atoms with Gasteiger partial charge in [0.25, 0.3) is 0 Å². The van der Waals surface area contributed by atoms with Gasteiger partial charge in [-0.25, -0.2) is 0 Å². The summed E-state index contributed by atoms with van der Waals surface area (Å²) in [4.78, 5) is 38.2. The molecule has 0 fully saturated rings. The Bertz CT molecular complexity index is 1480. The van der Waals surface area contributed by atoms with E-state index in [0.29, 0.717) is 19.3 Å². The number of rotatable bonds is 57. The number of allylic oxidation sites excluding steroid dienone is 16. The fourth-order valence-corrected chi connectivity index (χ4v) is 8.90. The highest BCUT2D eigenvalue weighted by atomic mass is 16.6. The Morgan fingerprint density at radius 1 is 0.280 bits per heavy atom. The van der Waals surface area contributed by atoms with Crippen LogP contribution in [0.2, 0.25) is 0 Å². The van der Waals surface area contributed by atoms with Crippen LogP contribution in [0.1, 0.15) is 303 Å². The zero-order valence-electron chi connectivity index (χ0n) is 49.3. The van der Waals surface area contributed by atoms with Crippen LogP contribution in [0, 0.1) is 0 Å². The first-order valence-corrected chi connectivity index (χ1v) is 31.7. The van der Waals surface area contributed by atoms with Gasteiger partial charge in [0.1, 0.15) is 13.2 Å². The SMILES string of the molecule is CC/C=C\C/C=C\C/C=C\C/C=C\CCCCCCCCCCCCCCCCC(=O)OCC(COC(=O)CCCCCCCCCCC)OC(=O)CCCCCCCCCC/C=C\C/C=C\C/C=C\C/C=C\CC. The molecule has 0 N–H and O–H groups in total. The van der Waals surface area contributed by atoms with Gasteiger partial charge in [0.15, 0.2) is 6.10 Å². The van der Waals surface area contributed by atoms with Gasteiger partial charge in [0, 0.05) is 19.3 Å². The smallest absolute Gasteiger partial charge is 0.306 e. The van der Waals surface area contributed by atoms with Crippen molar-refractivity contribution in [2.45, 2.75) is 309 Å². The van der Waals surface area contributed by atoms with Gasteiger partial charge in [-0.3, -0.25) is 14.4 Å². The van der Waals surface area contributed by atoms with Crippen molar-refractivity contribution < 1.29 is 28.6 Å². The first kappa shape index (κ1) is 71.3. The van der Waals surface area contributed by atoms with Gasteiger partial charge in [-0.2, -0.15) is 0 Å². The van der Waals surface area contributed by atoms with Gasteiger partial charge < -0.3 is 14.2 Å². The molecule has 6 heteroatoms. The standard InChI is InChI=1S/C69H118O6/c1-4-7-10-13-16-19-21-23-25-27-29-31-32-33-34-35-36-38-39-41-43-45-47-50-53-56-59-62-68(71)74-65-66(64-73-67(70)61-58-55-52-49-18-15-12-9-6-3)75-69(72)63-60-57-54-51-48-46-44-42-40-37-30-28-26-24-22-20-17-14-11-8-5-2/h7-8,10-11,16-17,19-20,23-26,29-31,37,66H,4-6,9,12-15,18,21-22,27-28,32-36,38-65H2,1-3H3/b10-7-,11-8-,19-16-,20-17-,25-23-,26-24-,31-29-,37-30-. The lowest BCUT2D eigenvalue weighted by atomic mass is 10.0. The quantitative estimate of drug-likeness (QED) is 0.0261. The van der Waals surface area contributed by atoms with Gasteiger partial charge in [-0.05, 0) is 96.3 Å². The predicted octanol–water partition coefficient (Wildman–Crippen LogP) is 21.7. The van der Waals surface area contributed by atoms with Crippen LogP contribution in [0.5, 0.6) is 0 Å². The Kier molecular flexibility index (Phi) is 59.8. The Labute approximate surface area is 464 Å². The lowest BCUT2D eigenvalue weighted by Crippen LogP contribution is -2.30. The molecule has 0 aliphatic heterocycles. The van der Waals surface area contributed by atoms with E-state index in [1.165, 1.54) is 148 Å². The van der Waals surface area contributed by atoms with Crippen molar-refractivity contribution in [2.24, 2.45) is 0 Å². The maximum absolute atomic E-state index is 12.9. The molecule has 0 aromatic rings. The van der Waals surface area contributed by atoms with E-state index in [0.717, 1.165) is 116 Å². The van der Waals surface area contributed by atoms with Crippen molar-refractivity contribution in [1.29, 1.82) is 0 Å². The lowest BCUT2D eigenvalue weighted by molar-refractivity contribution is -0.167. The molecule has 6 nitrogen and oxygen atoms in total. The van der Waals surface area contributed by atoms with Crippen LogP contribution in [-0.2, 0) is 28.6 Å². The van der Waals surface area contributed by atoms with Crippen LogP contribution in [-0.4, -0.2) is 37.2 Å². The summed E-state index contributed by atoms with van der Waals surface area (Å²) < 4.78 is 16.9. The van der Waals surface area contributed by atoms with Crippen molar-refractivity contribution in [2.75, 3.05) is 13.2 Å². The number of hydrogen-bond donors (Lipinski definition) is 0. The Hall–Kier alpha value is -3.67. The zero-order chi connectivity index (χ0) is 54.3. The predicted molar refractivity (Wildman–Crippen MR) is 325 cm³/mol. The summed E-state index contributed by atoms with van der Waals surface area (Å²) in [5.41, 5.74) is 0. The first-order chi connectivity index (χ1) is 37.0. The normalized spacial score (nSPS) is 12.7. The number of hydrogen-bond acceptors (Lipinski definition) is 6. The average Bonchev–Trinajstić information content (AvgIpc) is 3.41. The van der Waals surface area contributed by atoms with Gasteiger partial charge >= 0.3 is 17.9 Å². The molecule has 0 aliphatic carbocycles. The van der Waals surface area contributed by atoms with E-state index in [4.69, 9.17) is 14.2 Å². The third kappa shape index (κ3) is 61.1. The van der Waals surface area contributed by atoms with E-state index >= 15 is 0 Å². The molecule has 0 aliphatic rings. The second kappa shape index (κ2) is 62.9. The summed E-state index contributed by atoms with van der Waals surface area (Å²) in [6.45, 7) is 6.41. The summed E-state index contributed by atoms with van der Waals surface area (Å²) >= 11 is 0. The molecule has 0 aromatic heterocycles. The van der Waals surface area contributed by atoms with Crippen molar-refractivity contribution in [3.8, 4) is 0 Å². The third-order valence-electron chi connectivity index (χ3n) is 13.6. The number of carbonyl (C=O) groups is 3. The molecule has 0 heterocycles. The van der Waals surface area contributed by atoms with E-state index in [1.54, 1.807) is 0 Å². The van der Waals surface area contributed by atoms with Crippen LogP contribution in [0.3, 0.4) is 0 Å². The summed E-state index contributed by atoms with van der Waals surface area (Å²) in [6.07, 6.45) is 84.2. The van der Waals surface area contributed by atoms with Crippen LogP contribution in [0.25, 0.3) is 0 Å². The van der Waals surface area contributed by atoms with E-state index in [1.807, 2.05) is 0 Å². The molecule has 0 saturated carbocycles. The monoisotopic (exact) mass is 1040 g/mol. The minimum Gasteiger partial charge on any atom is -0.462 e. The minimum atomic E-state index is -0.780. The van der Waals surface area contributed by atoms with Crippen molar-refractivity contribution in [3.05, 3.63) is 97.2 Å². The van der Waals surface area contributed by atoms with Gasteiger partial charge in [0.05, 0.1) is 0 Å². The van der Waals surface area contributed by atoms with E-state index < -0.39 is 6.10 Å². The number of unbranched alkanes of at least 4 members (excludes halogenated alkanes) is 30. The van der Waals surface area contributed by atoms with Crippen molar-refractivity contribution >= 4 is 17.9 Å². The largest absolute Gasteiger partial charge is 0.462 e. The summed E-state index contributed by atoms with van der Waals surface area (Å²) in [5, 5.41) is 0. The molecule has 0 radical (unpaired) electrons. The highest BCUT2D eigenvalue weighted by Crippen LogP contribution is 2.16. The number of ether oxygens (including phenoxy) is 3. The van der Waals surface area contributed by atoms with Gasteiger partial charge in [-0.15, -0.1) is 0 Å². The van der Waals surface area contributed by atoms with Crippen molar-refractivity contribution in [3.63, 3.8) is 0 Å². The molecular formula is C69H118O6. The topological polar surface area (TPSA) is 78.9 Å². The highest BCUT2D eigenvalue weighted by molar-refractivity contribution is 5.71. The van der Waals surface area contributed by atoms with Crippen LogP contribution < -0.4 is 0 Å². The number of carbonyl (C=O) groups excluding carboxylic acids is 3. The molecule has 0 rings (SSSR count). The maximum Gasteiger partial charge on any atom is 0.306 e. The molecule has 0 spiro atoms. The van der Waals surface area contributed by atoms with Crippen LogP contribution in [0.15, 0.2) is 97.2 Å². The number of esters is 3. The lowest BCUT2D eigenvalue weighted by Gasteiger charge is -2.18. The molecule has 0 bridgehead atoms. The fourth-order valence-electron chi connectivity index (χ4n) is 8.90. The van der Waals surface area contributed by atoms with Crippen LogP contribution >= 0.6 is 0 Å². The molecule has 1 atom stereocenters. The molecule has 0 saturated heterocycles. The Morgan fingerprint density at radius 2 is 0.520 bits per heavy atom. The van der Waals surface area contributed by atoms with E-state index in [2.05, 4.69) is 118 Å². The summed E-state index contributed by atoms with van der Waals surface area (Å²) in [5.74, 6) is -0.880. The molecular weight excluding hydrogens is 925 g/mol. The van der Waals surface area contributed by atoms with Gasteiger partial charge in [0.2, 0.25) is 0 Å². The second-order valence-electron chi connectivity index (χ2n) is 20.9. The first-order valence-electron chi connectivity index (χ1n) is 31.7. The minimum absolute atomic E-state index is 0.0781. The molecule has 0 aromatic carbocycles. The third-order valence-corrected chi connectivity index (χ3v) is 13.6. The zero-order valence-corrected chi connectivity index (χ0v) is 49.3. The van der Waals surface area contributed by atoms with E-state index in [9.17, 15) is 14.4 Å². The fraction of sp³-hybridized carbons (Fsp3) is 0.725. The Balaban J connectivity index is 4.20. The molecule has 0 amide bonds. The van der Waals surface area contributed by atoms with Gasteiger partial charge in [-0.1, -0.05) is 285 Å². The average molecular weight is 1040 g/mol. The summed E-state index contributed by atoms with van der Waals surface area (Å²) in [6, 6.07) is 0.